The van der Waals surface area contributed by atoms with Gasteiger partial charge < -0.3 is 4.74 Å². The molecule has 15 heavy (non-hydrogen) atoms. The van der Waals surface area contributed by atoms with Gasteiger partial charge in [0, 0.05) is 5.56 Å². The van der Waals surface area contributed by atoms with E-state index < -0.39 is 5.82 Å². The Morgan fingerprint density at radius 3 is 2.80 bits per heavy atom. The summed E-state index contributed by atoms with van der Waals surface area (Å²) in [6.07, 6.45) is 0. The average molecular weight is 228 g/mol. The van der Waals surface area contributed by atoms with Gasteiger partial charge in [-0.15, -0.1) is 0 Å². The van der Waals surface area contributed by atoms with Gasteiger partial charge in [0.2, 0.25) is 0 Å². The van der Waals surface area contributed by atoms with Crippen molar-refractivity contribution >= 4 is 17.5 Å². The lowest BCUT2D eigenvalue weighted by Gasteiger charge is -2.04. The van der Waals surface area contributed by atoms with Crippen LogP contribution in [0, 0.1) is 5.82 Å². The van der Waals surface area contributed by atoms with E-state index in [9.17, 15) is 9.18 Å². The van der Waals surface area contributed by atoms with Crippen molar-refractivity contribution in [1.82, 2.24) is 0 Å². The Kier molecular flexibility index (Phi) is 4.62. The molecule has 0 N–H and O–H groups in total. The zero-order valence-corrected chi connectivity index (χ0v) is 9.57. The fourth-order valence-electron chi connectivity index (χ4n) is 1.12. The van der Waals surface area contributed by atoms with Gasteiger partial charge in [0.1, 0.15) is 0 Å². The third-order valence-corrected chi connectivity index (χ3v) is 2.79. The number of thioether (sulfide) groups is 1. The molecular weight excluding hydrogens is 215 g/mol. The lowest BCUT2D eigenvalue weighted by molar-refractivity contribution is 0.102. The molecule has 0 amide bonds. The number of halogens is 1. The van der Waals surface area contributed by atoms with Crippen LogP contribution in [0.1, 0.15) is 17.3 Å². The SMILES string of the molecule is CCSCC(=O)c1ccc(OC)c(F)c1. The van der Waals surface area contributed by atoms with Crippen LogP contribution in [0.25, 0.3) is 0 Å². The summed E-state index contributed by atoms with van der Waals surface area (Å²) in [5, 5.41) is 0. The van der Waals surface area contributed by atoms with Gasteiger partial charge in [-0.25, -0.2) is 4.39 Å². The maximum absolute atomic E-state index is 13.2. The topological polar surface area (TPSA) is 26.3 Å². The molecular formula is C11H13FO2S. The highest BCUT2D eigenvalue weighted by Crippen LogP contribution is 2.18. The predicted molar refractivity (Wildman–Crippen MR) is 60.3 cm³/mol. The Morgan fingerprint density at radius 1 is 1.53 bits per heavy atom. The van der Waals surface area contributed by atoms with E-state index >= 15 is 0 Å². The van der Waals surface area contributed by atoms with Crippen LogP contribution in [-0.2, 0) is 0 Å². The van der Waals surface area contributed by atoms with E-state index in [1.54, 1.807) is 6.07 Å². The van der Waals surface area contributed by atoms with E-state index in [0.29, 0.717) is 11.3 Å². The van der Waals surface area contributed by atoms with Crippen LogP contribution < -0.4 is 4.74 Å². The summed E-state index contributed by atoms with van der Waals surface area (Å²) in [6, 6.07) is 4.27. The second-order valence-corrected chi connectivity index (χ2v) is 4.18. The van der Waals surface area contributed by atoms with Crippen LogP contribution in [0.2, 0.25) is 0 Å². The van der Waals surface area contributed by atoms with E-state index in [1.165, 1.54) is 31.0 Å². The van der Waals surface area contributed by atoms with Gasteiger partial charge in [-0.05, 0) is 24.0 Å². The minimum absolute atomic E-state index is 0.0524. The fourth-order valence-corrected chi connectivity index (χ4v) is 1.67. The molecule has 0 heterocycles. The number of carbonyl (C=O) groups excluding carboxylic acids is 1. The lowest BCUT2D eigenvalue weighted by atomic mass is 10.1. The number of methoxy groups -OCH3 is 1. The van der Waals surface area contributed by atoms with E-state index in [-0.39, 0.29) is 11.5 Å². The zero-order valence-electron chi connectivity index (χ0n) is 8.75. The first-order valence-corrected chi connectivity index (χ1v) is 5.79. The molecule has 0 aliphatic carbocycles. The number of ether oxygens (including phenoxy) is 1. The standard InChI is InChI=1S/C11H13FO2S/c1-3-15-7-10(13)8-4-5-11(14-2)9(12)6-8/h4-6H,3,7H2,1-2H3. The number of carbonyl (C=O) groups is 1. The van der Waals surface area contributed by atoms with Crippen molar-refractivity contribution in [3.63, 3.8) is 0 Å². The molecule has 2 nitrogen and oxygen atoms in total. The Hall–Kier alpha value is -1.03. The molecule has 1 aromatic carbocycles. The molecule has 0 unspecified atom stereocenters. The van der Waals surface area contributed by atoms with Gasteiger partial charge in [0.25, 0.3) is 0 Å². The molecule has 0 atom stereocenters. The number of ketones is 1. The van der Waals surface area contributed by atoms with Crippen LogP contribution in [-0.4, -0.2) is 24.4 Å². The number of benzene rings is 1. The first-order chi connectivity index (χ1) is 7.19. The van der Waals surface area contributed by atoms with Crippen molar-refractivity contribution in [3.8, 4) is 5.75 Å². The molecule has 0 aliphatic rings. The van der Waals surface area contributed by atoms with Crippen LogP contribution in [0.5, 0.6) is 5.75 Å². The molecule has 1 aromatic rings. The van der Waals surface area contributed by atoms with E-state index in [4.69, 9.17) is 4.74 Å². The first kappa shape index (κ1) is 12.0. The van der Waals surface area contributed by atoms with Gasteiger partial charge in [-0.3, -0.25) is 4.79 Å². The minimum atomic E-state index is -0.496. The second kappa shape index (κ2) is 5.75. The molecule has 0 aliphatic heterocycles. The average Bonchev–Trinajstić information content (AvgIpc) is 2.25. The molecule has 82 valence electrons. The maximum atomic E-state index is 13.2. The third-order valence-electron chi connectivity index (χ3n) is 1.91. The smallest absolute Gasteiger partial charge is 0.172 e. The molecule has 1 rings (SSSR count). The molecule has 0 saturated heterocycles. The Bertz CT molecular complexity index is 352. The lowest BCUT2D eigenvalue weighted by Crippen LogP contribution is -2.03. The van der Waals surface area contributed by atoms with Crippen LogP contribution in [0.4, 0.5) is 4.39 Å². The summed E-state index contributed by atoms with van der Waals surface area (Å²) in [5.74, 6) is 0.884. The first-order valence-electron chi connectivity index (χ1n) is 4.63. The van der Waals surface area contributed by atoms with Gasteiger partial charge in [-0.2, -0.15) is 11.8 Å². The largest absolute Gasteiger partial charge is 0.494 e. The van der Waals surface area contributed by atoms with Crippen molar-refractivity contribution in [2.45, 2.75) is 6.92 Å². The summed E-state index contributed by atoms with van der Waals surface area (Å²) in [6.45, 7) is 1.98. The summed E-state index contributed by atoms with van der Waals surface area (Å²) < 4.78 is 18.0. The highest BCUT2D eigenvalue weighted by atomic mass is 32.2. The molecule has 0 fully saturated rings. The molecule has 0 bridgehead atoms. The summed E-state index contributed by atoms with van der Waals surface area (Å²) >= 11 is 1.52. The molecule has 0 saturated carbocycles. The maximum Gasteiger partial charge on any atom is 0.172 e. The normalized spacial score (nSPS) is 10.1. The summed E-state index contributed by atoms with van der Waals surface area (Å²) in [7, 11) is 1.40. The minimum Gasteiger partial charge on any atom is -0.494 e. The van der Waals surface area contributed by atoms with Gasteiger partial charge in [0.05, 0.1) is 12.9 Å². The molecule has 4 heteroatoms. The number of Topliss-reactive ketones (excluding diaryl/α,β-unsaturated/α-hetero) is 1. The highest BCUT2D eigenvalue weighted by molar-refractivity contribution is 7.99. The monoisotopic (exact) mass is 228 g/mol. The Morgan fingerprint density at radius 2 is 2.27 bits per heavy atom. The van der Waals surface area contributed by atoms with Crippen molar-refractivity contribution < 1.29 is 13.9 Å². The van der Waals surface area contributed by atoms with Crippen molar-refractivity contribution in [2.24, 2.45) is 0 Å². The van der Waals surface area contributed by atoms with Gasteiger partial charge >= 0.3 is 0 Å². The zero-order chi connectivity index (χ0) is 11.3. The van der Waals surface area contributed by atoms with Crippen LogP contribution >= 0.6 is 11.8 Å². The summed E-state index contributed by atoms with van der Waals surface area (Å²) in [5.41, 5.74) is 0.397. The number of rotatable bonds is 5. The van der Waals surface area contributed by atoms with Crippen molar-refractivity contribution in [2.75, 3.05) is 18.6 Å². The second-order valence-electron chi connectivity index (χ2n) is 2.91. The Labute approximate surface area is 92.8 Å². The molecule has 0 aromatic heterocycles. The van der Waals surface area contributed by atoms with E-state index in [1.807, 2.05) is 6.92 Å². The van der Waals surface area contributed by atoms with Crippen LogP contribution in [0.3, 0.4) is 0 Å². The number of hydrogen-bond acceptors (Lipinski definition) is 3. The van der Waals surface area contributed by atoms with E-state index in [2.05, 4.69) is 0 Å². The Balaban J connectivity index is 2.78. The van der Waals surface area contributed by atoms with Crippen molar-refractivity contribution in [3.05, 3.63) is 29.6 Å². The summed E-state index contributed by atoms with van der Waals surface area (Å²) in [4.78, 5) is 11.5. The fraction of sp³-hybridized carbons (Fsp3) is 0.364. The molecule has 0 spiro atoms. The third kappa shape index (κ3) is 3.23. The van der Waals surface area contributed by atoms with Gasteiger partial charge in [0.15, 0.2) is 17.3 Å². The predicted octanol–water partition coefficient (Wildman–Crippen LogP) is 2.77. The van der Waals surface area contributed by atoms with Crippen molar-refractivity contribution in [1.29, 1.82) is 0 Å². The van der Waals surface area contributed by atoms with Gasteiger partial charge in [-0.1, -0.05) is 6.92 Å². The van der Waals surface area contributed by atoms with Crippen LogP contribution in [0.15, 0.2) is 18.2 Å². The number of hydrogen-bond donors (Lipinski definition) is 0. The quantitative estimate of drug-likeness (QED) is 0.725. The highest BCUT2D eigenvalue weighted by Gasteiger charge is 2.09. The van der Waals surface area contributed by atoms with E-state index in [0.717, 1.165) is 5.75 Å². The molecule has 0 radical (unpaired) electrons.